The quantitative estimate of drug-likeness (QED) is 0.602. The molecule has 0 radical (unpaired) electrons. The Bertz CT molecular complexity index is 1140. The molecule has 0 aliphatic carbocycles. The molecule has 1 unspecified atom stereocenters. The van der Waals surface area contributed by atoms with Gasteiger partial charge in [-0.1, -0.05) is 18.2 Å². The molecule has 1 saturated heterocycles. The molecule has 0 spiro atoms. The standard InChI is InChI=1S/C25H28N4O3/c1-18-19(2)26-25-28(16-27(17-29(25)24(18)30)15-23-9-6-14-31-23)20-10-12-22(13-11-20)32-21-7-4-3-5-8-21/h3-5,7-8,10-13,23H,6,9,14-17H2,1-2H3. The van der Waals surface area contributed by atoms with Crippen molar-refractivity contribution < 1.29 is 9.47 Å². The topological polar surface area (TPSA) is 59.8 Å². The monoisotopic (exact) mass is 432 g/mol. The van der Waals surface area contributed by atoms with Gasteiger partial charge in [-0.3, -0.25) is 19.2 Å². The number of ether oxygens (including phenoxy) is 2. The molecule has 32 heavy (non-hydrogen) atoms. The van der Waals surface area contributed by atoms with Crippen molar-refractivity contribution in [2.45, 2.75) is 39.5 Å². The van der Waals surface area contributed by atoms with Crippen molar-refractivity contribution in [2.24, 2.45) is 0 Å². The highest BCUT2D eigenvalue weighted by Crippen LogP contribution is 2.31. The Hall–Kier alpha value is -3.16. The number of hydrogen-bond donors (Lipinski definition) is 0. The van der Waals surface area contributed by atoms with Crippen LogP contribution in [0.5, 0.6) is 11.5 Å². The van der Waals surface area contributed by atoms with Crippen LogP contribution in [0.1, 0.15) is 24.1 Å². The fraction of sp³-hybridized carbons (Fsp3) is 0.360. The number of hydrogen-bond acceptors (Lipinski definition) is 6. The van der Waals surface area contributed by atoms with Gasteiger partial charge < -0.3 is 9.47 Å². The van der Waals surface area contributed by atoms with Gasteiger partial charge in [0.1, 0.15) is 11.5 Å². The van der Waals surface area contributed by atoms with E-state index < -0.39 is 0 Å². The number of nitrogens with zero attached hydrogens (tertiary/aromatic N) is 4. The minimum absolute atomic E-state index is 0.0126. The zero-order chi connectivity index (χ0) is 22.1. The van der Waals surface area contributed by atoms with E-state index in [1.807, 2.05) is 68.4 Å². The molecule has 0 amide bonds. The summed E-state index contributed by atoms with van der Waals surface area (Å²) in [4.78, 5) is 22.2. The van der Waals surface area contributed by atoms with Gasteiger partial charge >= 0.3 is 0 Å². The SMILES string of the molecule is Cc1nc2n(c(=O)c1C)CN(CC1CCCO1)CN2c1ccc(Oc2ccccc2)cc1. The summed E-state index contributed by atoms with van der Waals surface area (Å²) in [5, 5.41) is 0. The average molecular weight is 433 g/mol. The predicted molar refractivity (Wildman–Crippen MR) is 124 cm³/mol. The van der Waals surface area contributed by atoms with Crippen LogP contribution in [-0.2, 0) is 11.4 Å². The molecular weight excluding hydrogens is 404 g/mol. The number of aromatic nitrogens is 2. The van der Waals surface area contributed by atoms with E-state index in [1.54, 1.807) is 4.57 Å². The fourth-order valence-corrected chi connectivity index (χ4v) is 4.29. The normalized spacial score (nSPS) is 18.6. The van der Waals surface area contributed by atoms with Gasteiger partial charge in [0.25, 0.3) is 5.56 Å². The van der Waals surface area contributed by atoms with Crippen LogP contribution in [0.4, 0.5) is 11.6 Å². The molecule has 2 aromatic carbocycles. The first-order chi connectivity index (χ1) is 15.6. The van der Waals surface area contributed by atoms with E-state index in [0.29, 0.717) is 24.8 Å². The molecule has 1 fully saturated rings. The fourth-order valence-electron chi connectivity index (χ4n) is 4.29. The summed E-state index contributed by atoms with van der Waals surface area (Å²) in [6, 6.07) is 17.6. The van der Waals surface area contributed by atoms with Crippen LogP contribution in [0.15, 0.2) is 59.4 Å². The third-order valence-corrected chi connectivity index (χ3v) is 6.16. The van der Waals surface area contributed by atoms with E-state index in [1.165, 1.54) is 0 Å². The summed E-state index contributed by atoms with van der Waals surface area (Å²) >= 11 is 0. The highest BCUT2D eigenvalue weighted by atomic mass is 16.5. The van der Waals surface area contributed by atoms with Crippen LogP contribution in [-0.4, -0.2) is 40.4 Å². The van der Waals surface area contributed by atoms with Crippen molar-refractivity contribution >= 4 is 11.6 Å². The minimum atomic E-state index is 0.0126. The second-order valence-electron chi connectivity index (χ2n) is 8.46. The first-order valence-electron chi connectivity index (χ1n) is 11.1. The van der Waals surface area contributed by atoms with Crippen LogP contribution in [0, 0.1) is 13.8 Å². The number of rotatable bonds is 5. The maximum atomic E-state index is 13.1. The van der Waals surface area contributed by atoms with Crippen LogP contribution >= 0.6 is 0 Å². The van der Waals surface area contributed by atoms with Gasteiger partial charge in [0, 0.05) is 30.1 Å². The van der Waals surface area contributed by atoms with Gasteiger partial charge in [0.2, 0.25) is 5.95 Å². The predicted octanol–water partition coefficient (Wildman–Crippen LogP) is 4.20. The van der Waals surface area contributed by atoms with Crippen molar-refractivity contribution in [3.8, 4) is 11.5 Å². The lowest BCUT2D eigenvalue weighted by Crippen LogP contribution is -2.49. The number of fused-ring (bicyclic) bond motifs is 1. The Kier molecular flexibility index (Phi) is 5.68. The Morgan fingerprint density at radius 2 is 1.78 bits per heavy atom. The van der Waals surface area contributed by atoms with E-state index in [4.69, 9.17) is 14.5 Å². The molecular formula is C25H28N4O3. The maximum Gasteiger partial charge on any atom is 0.259 e. The Morgan fingerprint density at radius 1 is 1.03 bits per heavy atom. The zero-order valence-corrected chi connectivity index (χ0v) is 18.5. The second kappa shape index (κ2) is 8.76. The third-order valence-electron chi connectivity index (χ3n) is 6.16. The summed E-state index contributed by atoms with van der Waals surface area (Å²) < 4.78 is 13.6. The highest BCUT2D eigenvalue weighted by Gasteiger charge is 2.29. The molecule has 0 saturated carbocycles. The van der Waals surface area contributed by atoms with Gasteiger partial charge in [0.15, 0.2) is 0 Å². The molecule has 3 heterocycles. The minimum Gasteiger partial charge on any atom is -0.457 e. The molecule has 1 aromatic heterocycles. The lowest BCUT2D eigenvalue weighted by Gasteiger charge is -2.39. The molecule has 0 N–H and O–H groups in total. The third kappa shape index (κ3) is 4.13. The Labute approximate surface area is 187 Å². The van der Waals surface area contributed by atoms with Gasteiger partial charge in [-0.15, -0.1) is 0 Å². The second-order valence-corrected chi connectivity index (χ2v) is 8.46. The largest absolute Gasteiger partial charge is 0.457 e. The molecule has 3 aromatic rings. The molecule has 7 nitrogen and oxygen atoms in total. The van der Waals surface area contributed by atoms with Gasteiger partial charge in [-0.25, -0.2) is 4.98 Å². The Morgan fingerprint density at radius 3 is 2.50 bits per heavy atom. The van der Waals surface area contributed by atoms with E-state index in [2.05, 4.69) is 9.80 Å². The van der Waals surface area contributed by atoms with Crippen molar-refractivity contribution in [1.82, 2.24) is 14.5 Å². The molecule has 2 aliphatic heterocycles. The van der Waals surface area contributed by atoms with E-state index in [9.17, 15) is 4.79 Å². The number of para-hydroxylation sites is 1. The number of benzene rings is 2. The van der Waals surface area contributed by atoms with Crippen molar-refractivity contribution in [1.29, 1.82) is 0 Å². The van der Waals surface area contributed by atoms with Crippen LogP contribution in [0.2, 0.25) is 0 Å². The summed E-state index contributed by atoms with van der Waals surface area (Å²) in [7, 11) is 0. The first-order valence-corrected chi connectivity index (χ1v) is 11.1. The van der Waals surface area contributed by atoms with Crippen LogP contribution < -0.4 is 15.2 Å². The summed E-state index contributed by atoms with van der Waals surface area (Å²) in [6.07, 6.45) is 2.38. The summed E-state index contributed by atoms with van der Waals surface area (Å²) in [5.41, 5.74) is 2.44. The summed E-state index contributed by atoms with van der Waals surface area (Å²) in [6.45, 7) is 6.52. The van der Waals surface area contributed by atoms with E-state index in [-0.39, 0.29) is 11.7 Å². The van der Waals surface area contributed by atoms with E-state index >= 15 is 0 Å². The summed E-state index contributed by atoms with van der Waals surface area (Å²) in [5.74, 6) is 2.24. The zero-order valence-electron chi connectivity index (χ0n) is 18.5. The molecule has 0 bridgehead atoms. The lowest BCUT2D eigenvalue weighted by atomic mass is 10.2. The van der Waals surface area contributed by atoms with Crippen LogP contribution in [0.3, 0.4) is 0 Å². The van der Waals surface area contributed by atoms with Crippen LogP contribution in [0.25, 0.3) is 0 Å². The first kappa shape index (κ1) is 20.7. The van der Waals surface area contributed by atoms with Gasteiger partial charge in [-0.05, 0) is 63.1 Å². The molecule has 1 atom stereocenters. The molecule has 166 valence electrons. The highest BCUT2D eigenvalue weighted by molar-refractivity contribution is 5.59. The Balaban J connectivity index is 1.45. The van der Waals surface area contributed by atoms with E-state index in [0.717, 1.165) is 48.9 Å². The average Bonchev–Trinajstić information content (AvgIpc) is 3.32. The molecule has 2 aliphatic rings. The number of anilines is 2. The lowest BCUT2D eigenvalue weighted by molar-refractivity contribution is 0.0584. The maximum absolute atomic E-state index is 13.1. The van der Waals surface area contributed by atoms with Gasteiger partial charge in [-0.2, -0.15) is 0 Å². The smallest absolute Gasteiger partial charge is 0.259 e. The molecule has 7 heteroatoms. The van der Waals surface area contributed by atoms with Crippen molar-refractivity contribution in [3.63, 3.8) is 0 Å². The number of aryl methyl sites for hydroxylation is 1. The van der Waals surface area contributed by atoms with Gasteiger partial charge in [0.05, 0.1) is 19.4 Å². The van der Waals surface area contributed by atoms with Crippen molar-refractivity contribution in [2.75, 3.05) is 24.7 Å². The van der Waals surface area contributed by atoms with Crippen molar-refractivity contribution in [3.05, 3.63) is 76.2 Å². The molecule has 5 rings (SSSR count).